The first-order valence-corrected chi connectivity index (χ1v) is 7.19. The number of hydrogen-bond acceptors (Lipinski definition) is 3. The Kier molecular flexibility index (Phi) is 5.23. The van der Waals surface area contributed by atoms with Crippen molar-refractivity contribution in [2.45, 2.75) is 32.2 Å². The van der Waals surface area contributed by atoms with Crippen LogP contribution in [0.2, 0.25) is 0 Å². The Hall–Kier alpha value is -1.06. The highest BCUT2D eigenvalue weighted by Crippen LogP contribution is 2.26. The minimum Gasteiger partial charge on any atom is -0.492 e. The van der Waals surface area contributed by atoms with Crippen LogP contribution in [0.3, 0.4) is 0 Å². The van der Waals surface area contributed by atoms with E-state index in [-0.39, 0.29) is 0 Å². The van der Waals surface area contributed by atoms with Gasteiger partial charge in [-0.15, -0.1) is 0 Å². The molecule has 1 heterocycles. The molecule has 0 bridgehead atoms. The third kappa shape index (κ3) is 3.71. The largest absolute Gasteiger partial charge is 0.492 e. The van der Waals surface area contributed by atoms with Crippen LogP contribution in [-0.4, -0.2) is 32.9 Å². The van der Waals surface area contributed by atoms with Crippen molar-refractivity contribution in [1.82, 2.24) is 5.32 Å². The molecule has 106 valence electrons. The molecule has 0 amide bonds. The Morgan fingerprint density at radius 1 is 1.37 bits per heavy atom. The van der Waals surface area contributed by atoms with Gasteiger partial charge in [0.1, 0.15) is 12.4 Å². The second-order valence-electron chi connectivity index (χ2n) is 5.52. The van der Waals surface area contributed by atoms with Gasteiger partial charge >= 0.3 is 0 Å². The standard InChI is InChI=1S/C16H25NO2/c1-12(2)14-6-4-5-7-16(14)19-11-15(17-3)13-8-9-18-10-13/h4-7,12-13,15,17H,8-11H2,1-3H3. The quantitative estimate of drug-likeness (QED) is 0.856. The first-order valence-electron chi connectivity index (χ1n) is 7.19. The molecule has 0 aliphatic carbocycles. The van der Waals surface area contributed by atoms with Crippen LogP contribution in [-0.2, 0) is 4.74 Å². The number of ether oxygens (including phenoxy) is 2. The molecule has 3 nitrogen and oxygen atoms in total. The van der Waals surface area contributed by atoms with Crippen LogP contribution in [0, 0.1) is 5.92 Å². The number of hydrogen-bond donors (Lipinski definition) is 1. The number of nitrogens with one attached hydrogen (secondary N) is 1. The van der Waals surface area contributed by atoms with Gasteiger partial charge in [0.25, 0.3) is 0 Å². The van der Waals surface area contributed by atoms with Gasteiger partial charge in [-0.1, -0.05) is 32.0 Å². The lowest BCUT2D eigenvalue weighted by Gasteiger charge is -2.23. The molecule has 2 unspecified atom stereocenters. The highest BCUT2D eigenvalue weighted by molar-refractivity contribution is 5.35. The Bertz CT molecular complexity index is 386. The van der Waals surface area contributed by atoms with Crippen LogP contribution in [0.1, 0.15) is 31.7 Å². The van der Waals surface area contributed by atoms with Crippen LogP contribution in [0.15, 0.2) is 24.3 Å². The molecule has 1 N–H and O–H groups in total. The molecule has 1 aromatic rings. The summed E-state index contributed by atoms with van der Waals surface area (Å²) < 4.78 is 11.5. The SMILES string of the molecule is CNC(COc1ccccc1C(C)C)C1CCOC1. The van der Waals surface area contributed by atoms with Crippen LogP contribution in [0.25, 0.3) is 0 Å². The molecule has 3 heteroatoms. The fourth-order valence-electron chi connectivity index (χ4n) is 2.59. The van der Waals surface area contributed by atoms with Gasteiger partial charge in [0.15, 0.2) is 0 Å². The van der Waals surface area contributed by atoms with E-state index in [1.165, 1.54) is 5.56 Å². The molecule has 1 fully saturated rings. The zero-order valence-electron chi connectivity index (χ0n) is 12.2. The van der Waals surface area contributed by atoms with E-state index in [9.17, 15) is 0 Å². The predicted molar refractivity (Wildman–Crippen MR) is 77.8 cm³/mol. The maximum atomic E-state index is 6.05. The lowest BCUT2D eigenvalue weighted by atomic mass is 9.99. The minimum absolute atomic E-state index is 0.364. The minimum atomic E-state index is 0.364. The summed E-state index contributed by atoms with van der Waals surface area (Å²) in [7, 11) is 2.00. The average Bonchev–Trinajstić information content (AvgIpc) is 2.94. The van der Waals surface area contributed by atoms with E-state index in [2.05, 4.69) is 37.4 Å². The summed E-state index contributed by atoms with van der Waals surface area (Å²) in [6.07, 6.45) is 1.13. The monoisotopic (exact) mass is 263 g/mol. The van der Waals surface area contributed by atoms with Crippen LogP contribution < -0.4 is 10.1 Å². The first kappa shape index (κ1) is 14.4. The maximum Gasteiger partial charge on any atom is 0.122 e. The lowest BCUT2D eigenvalue weighted by Crippen LogP contribution is -2.39. The molecule has 0 aromatic heterocycles. The molecular formula is C16H25NO2. The molecule has 1 aliphatic rings. The molecule has 0 spiro atoms. The topological polar surface area (TPSA) is 30.5 Å². The summed E-state index contributed by atoms with van der Waals surface area (Å²) in [5, 5.41) is 3.36. The third-order valence-corrected chi connectivity index (χ3v) is 3.86. The Balaban J connectivity index is 1.97. The van der Waals surface area contributed by atoms with Crippen molar-refractivity contribution >= 4 is 0 Å². The predicted octanol–water partition coefficient (Wildman–Crippen LogP) is 2.81. The molecule has 2 rings (SSSR count). The van der Waals surface area contributed by atoms with Gasteiger partial charge in [0.2, 0.25) is 0 Å². The van der Waals surface area contributed by atoms with Crippen LogP contribution in [0.4, 0.5) is 0 Å². The molecule has 1 aromatic carbocycles. The van der Waals surface area contributed by atoms with Crippen molar-refractivity contribution in [3.63, 3.8) is 0 Å². The number of rotatable bonds is 6. The van der Waals surface area contributed by atoms with Gasteiger partial charge in [-0.3, -0.25) is 0 Å². The fourth-order valence-corrected chi connectivity index (χ4v) is 2.59. The summed E-state index contributed by atoms with van der Waals surface area (Å²) in [5.41, 5.74) is 1.28. The highest BCUT2D eigenvalue weighted by Gasteiger charge is 2.25. The van der Waals surface area contributed by atoms with Gasteiger partial charge in [0.05, 0.1) is 6.61 Å². The fraction of sp³-hybridized carbons (Fsp3) is 0.625. The second-order valence-corrected chi connectivity index (χ2v) is 5.52. The average molecular weight is 263 g/mol. The van der Waals surface area contributed by atoms with E-state index in [4.69, 9.17) is 9.47 Å². The number of likely N-dealkylation sites (N-methyl/N-ethyl adjacent to an activating group) is 1. The highest BCUT2D eigenvalue weighted by atomic mass is 16.5. The van der Waals surface area contributed by atoms with Crippen molar-refractivity contribution < 1.29 is 9.47 Å². The molecule has 19 heavy (non-hydrogen) atoms. The second kappa shape index (κ2) is 6.92. The first-order chi connectivity index (χ1) is 9.22. The van der Waals surface area contributed by atoms with E-state index in [1.807, 2.05) is 13.1 Å². The molecular weight excluding hydrogens is 238 g/mol. The third-order valence-electron chi connectivity index (χ3n) is 3.86. The molecule has 0 saturated carbocycles. The van der Waals surface area contributed by atoms with E-state index < -0.39 is 0 Å². The van der Waals surface area contributed by atoms with Crippen molar-refractivity contribution in [2.75, 3.05) is 26.9 Å². The van der Waals surface area contributed by atoms with E-state index >= 15 is 0 Å². The molecule has 0 radical (unpaired) electrons. The van der Waals surface area contributed by atoms with Crippen molar-refractivity contribution in [3.05, 3.63) is 29.8 Å². The van der Waals surface area contributed by atoms with E-state index in [1.54, 1.807) is 0 Å². The van der Waals surface area contributed by atoms with Gasteiger partial charge in [-0.2, -0.15) is 0 Å². The van der Waals surface area contributed by atoms with Crippen LogP contribution in [0.5, 0.6) is 5.75 Å². The zero-order valence-corrected chi connectivity index (χ0v) is 12.2. The van der Waals surface area contributed by atoms with Crippen LogP contribution >= 0.6 is 0 Å². The van der Waals surface area contributed by atoms with Gasteiger partial charge in [-0.25, -0.2) is 0 Å². The molecule has 2 atom stereocenters. The summed E-state index contributed by atoms with van der Waals surface area (Å²) in [5.74, 6) is 2.06. The van der Waals surface area contributed by atoms with Crippen molar-refractivity contribution in [1.29, 1.82) is 0 Å². The Labute approximate surface area is 116 Å². The van der Waals surface area contributed by atoms with E-state index in [0.29, 0.717) is 24.5 Å². The van der Waals surface area contributed by atoms with Crippen molar-refractivity contribution in [2.24, 2.45) is 5.92 Å². The van der Waals surface area contributed by atoms with Gasteiger partial charge < -0.3 is 14.8 Å². The summed E-state index contributed by atoms with van der Waals surface area (Å²) in [4.78, 5) is 0. The molecule has 1 saturated heterocycles. The Morgan fingerprint density at radius 2 is 2.16 bits per heavy atom. The summed E-state index contributed by atoms with van der Waals surface area (Å²) in [6.45, 7) is 6.82. The van der Waals surface area contributed by atoms with Gasteiger partial charge in [0, 0.05) is 18.6 Å². The summed E-state index contributed by atoms with van der Waals surface area (Å²) >= 11 is 0. The van der Waals surface area contributed by atoms with Crippen molar-refractivity contribution in [3.8, 4) is 5.75 Å². The van der Waals surface area contributed by atoms with E-state index in [0.717, 1.165) is 25.4 Å². The number of para-hydroxylation sites is 1. The summed E-state index contributed by atoms with van der Waals surface area (Å²) in [6, 6.07) is 8.68. The van der Waals surface area contributed by atoms with Gasteiger partial charge in [-0.05, 0) is 31.0 Å². The maximum absolute atomic E-state index is 6.05. The number of benzene rings is 1. The normalized spacial score (nSPS) is 20.7. The Morgan fingerprint density at radius 3 is 2.79 bits per heavy atom. The molecule has 1 aliphatic heterocycles. The zero-order chi connectivity index (χ0) is 13.7. The lowest BCUT2D eigenvalue weighted by molar-refractivity contribution is 0.162. The smallest absolute Gasteiger partial charge is 0.122 e.